The Hall–Kier alpha value is -3.61. The van der Waals surface area contributed by atoms with Gasteiger partial charge in [-0.2, -0.15) is 5.10 Å². The Kier molecular flexibility index (Phi) is 5.52. The van der Waals surface area contributed by atoms with E-state index in [2.05, 4.69) is 10.4 Å². The van der Waals surface area contributed by atoms with Crippen molar-refractivity contribution in [1.29, 1.82) is 0 Å². The average molecular weight is 407 g/mol. The van der Waals surface area contributed by atoms with Crippen molar-refractivity contribution in [1.82, 2.24) is 5.01 Å². The molecule has 0 unspecified atom stereocenters. The molecule has 3 aromatic rings. The molecule has 1 N–H and O–H groups in total. The van der Waals surface area contributed by atoms with Gasteiger partial charge in [0, 0.05) is 12.1 Å². The van der Waals surface area contributed by atoms with Crippen molar-refractivity contribution in [3.8, 4) is 5.75 Å². The van der Waals surface area contributed by atoms with Crippen molar-refractivity contribution in [3.63, 3.8) is 0 Å². The number of hydrogen-bond acceptors (Lipinski definition) is 5. The Labute approximate surface area is 174 Å². The van der Waals surface area contributed by atoms with Crippen LogP contribution in [0.15, 0.2) is 70.4 Å². The second kappa shape index (κ2) is 8.41. The van der Waals surface area contributed by atoms with E-state index < -0.39 is 0 Å². The molecule has 7 heteroatoms. The number of nitrogens with one attached hydrogen (secondary N) is 1. The first-order valence-corrected chi connectivity index (χ1v) is 9.62. The normalized spacial score (nSPS) is 15.8. The first-order chi connectivity index (χ1) is 14.5. The van der Waals surface area contributed by atoms with Crippen LogP contribution in [0.1, 0.15) is 29.3 Å². The van der Waals surface area contributed by atoms with Crippen LogP contribution in [0.4, 0.5) is 10.1 Å². The second-order valence-corrected chi connectivity index (χ2v) is 7.07. The summed E-state index contributed by atoms with van der Waals surface area (Å²) in [4.78, 5) is 13.0. The van der Waals surface area contributed by atoms with E-state index in [1.54, 1.807) is 38.5 Å². The summed E-state index contributed by atoms with van der Waals surface area (Å²) in [5.74, 6) is 0.863. The van der Waals surface area contributed by atoms with Crippen LogP contribution in [0.25, 0.3) is 0 Å². The fourth-order valence-corrected chi connectivity index (χ4v) is 3.36. The fourth-order valence-electron chi connectivity index (χ4n) is 3.36. The summed E-state index contributed by atoms with van der Waals surface area (Å²) in [5.41, 5.74) is 2.79. The van der Waals surface area contributed by atoms with E-state index in [1.807, 2.05) is 30.3 Å². The van der Waals surface area contributed by atoms with Crippen LogP contribution in [0.3, 0.4) is 0 Å². The van der Waals surface area contributed by atoms with Crippen molar-refractivity contribution in [3.05, 3.63) is 83.6 Å². The third-order valence-electron chi connectivity index (χ3n) is 5.08. The molecule has 1 aliphatic rings. The Morgan fingerprint density at radius 3 is 2.73 bits per heavy atom. The molecule has 1 atom stereocenters. The van der Waals surface area contributed by atoms with Crippen molar-refractivity contribution >= 4 is 17.3 Å². The molecule has 0 aliphatic carbocycles. The van der Waals surface area contributed by atoms with Crippen LogP contribution >= 0.6 is 0 Å². The maximum absolute atomic E-state index is 13.8. The molecule has 0 radical (unpaired) electrons. The van der Waals surface area contributed by atoms with Crippen LogP contribution in [0.2, 0.25) is 0 Å². The van der Waals surface area contributed by atoms with Gasteiger partial charge < -0.3 is 14.5 Å². The van der Waals surface area contributed by atoms with Gasteiger partial charge in [-0.25, -0.2) is 9.40 Å². The van der Waals surface area contributed by atoms with Gasteiger partial charge in [0.05, 0.1) is 25.6 Å². The molecule has 2 aromatic carbocycles. The van der Waals surface area contributed by atoms with E-state index in [4.69, 9.17) is 9.15 Å². The summed E-state index contributed by atoms with van der Waals surface area (Å²) in [5, 5.41) is 9.00. The minimum absolute atomic E-state index is 0.0148. The number of furan rings is 1. The molecule has 6 nitrogen and oxygen atoms in total. The number of hydrogen-bond donors (Lipinski definition) is 1. The zero-order valence-electron chi connectivity index (χ0n) is 16.8. The van der Waals surface area contributed by atoms with Gasteiger partial charge in [0.1, 0.15) is 23.4 Å². The fraction of sp³-hybridized carbons (Fsp3) is 0.217. The number of aryl methyl sites for hydroxylation is 1. The van der Waals surface area contributed by atoms with Crippen molar-refractivity contribution in [2.24, 2.45) is 5.10 Å². The lowest BCUT2D eigenvalue weighted by Crippen LogP contribution is -2.32. The molecule has 4 rings (SSSR count). The Bertz CT molecular complexity index is 1060. The zero-order chi connectivity index (χ0) is 21.1. The van der Waals surface area contributed by atoms with E-state index in [9.17, 15) is 9.18 Å². The molecule has 0 saturated carbocycles. The monoisotopic (exact) mass is 407 g/mol. The van der Waals surface area contributed by atoms with Gasteiger partial charge in [-0.3, -0.25) is 4.79 Å². The molecule has 0 fully saturated rings. The number of hydrazone groups is 1. The first-order valence-electron chi connectivity index (χ1n) is 9.62. The van der Waals surface area contributed by atoms with Gasteiger partial charge in [-0.15, -0.1) is 0 Å². The molecule has 1 aliphatic heterocycles. The standard InChI is InChI=1S/C23H22FN3O3/c1-15-5-8-17(12-19(15)24)25-14-23(28)27-21(22-4-3-11-30-22)13-20(26-27)16-6-9-18(29-2)10-7-16/h3-12,21,25H,13-14H2,1-2H3/t21-/m0/s1. The summed E-state index contributed by atoms with van der Waals surface area (Å²) in [6.07, 6.45) is 2.11. The van der Waals surface area contributed by atoms with Gasteiger partial charge in [0.25, 0.3) is 5.91 Å². The molecule has 0 bridgehead atoms. The lowest BCUT2D eigenvalue weighted by atomic mass is 10.0. The molecular weight excluding hydrogens is 385 g/mol. The number of benzene rings is 2. The number of amides is 1. The van der Waals surface area contributed by atoms with Gasteiger partial charge in [-0.1, -0.05) is 6.07 Å². The second-order valence-electron chi connectivity index (χ2n) is 7.07. The van der Waals surface area contributed by atoms with Gasteiger partial charge >= 0.3 is 0 Å². The number of ether oxygens (including phenoxy) is 1. The Morgan fingerprint density at radius 2 is 2.07 bits per heavy atom. The molecule has 30 heavy (non-hydrogen) atoms. The van der Waals surface area contributed by atoms with Gasteiger partial charge in [0.15, 0.2) is 0 Å². The highest BCUT2D eigenvalue weighted by atomic mass is 19.1. The third-order valence-corrected chi connectivity index (χ3v) is 5.08. The SMILES string of the molecule is COc1ccc(C2=NN(C(=O)CNc3ccc(C)c(F)c3)[C@H](c3ccco3)C2)cc1. The van der Waals surface area contributed by atoms with Gasteiger partial charge in [-0.05, 0) is 66.6 Å². The largest absolute Gasteiger partial charge is 0.497 e. The summed E-state index contributed by atoms with van der Waals surface area (Å²) in [7, 11) is 1.61. The highest BCUT2D eigenvalue weighted by Gasteiger charge is 2.34. The van der Waals surface area contributed by atoms with Gasteiger partial charge in [0.2, 0.25) is 0 Å². The smallest absolute Gasteiger partial charge is 0.262 e. The van der Waals surface area contributed by atoms with Crippen LogP contribution in [0.5, 0.6) is 5.75 Å². The zero-order valence-corrected chi connectivity index (χ0v) is 16.8. The highest BCUT2D eigenvalue weighted by molar-refractivity contribution is 6.03. The molecule has 0 saturated heterocycles. The predicted octanol–water partition coefficient (Wildman–Crippen LogP) is 4.53. The lowest BCUT2D eigenvalue weighted by Gasteiger charge is -2.20. The van der Waals surface area contributed by atoms with E-state index in [0.717, 1.165) is 17.0 Å². The van der Waals surface area contributed by atoms with E-state index in [1.165, 1.54) is 11.1 Å². The molecule has 2 heterocycles. The van der Waals surface area contributed by atoms with E-state index in [-0.39, 0.29) is 24.3 Å². The minimum Gasteiger partial charge on any atom is -0.497 e. The summed E-state index contributed by atoms with van der Waals surface area (Å²) >= 11 is 0. The number of nitrogens with zero attached hydrogens (tertiary/aromatic N) is 2. The molecule has 154 valence electrons. The topological polar surface area (TPSA) is 67.1 Å². The van der Waals surface area contributed by atoms with E-state index in [0.29, 0.717) is 23.4 Å². The van der Waals surface area contributed by atoms with Crippen LogP contribution in [-0.2, 0) is 4.79 Å². The molecular formula is C23H22FN3O3. The average Bonchev–Trinajstić information content (AvgIpc) is 3.44. The number of methoxy groups -OCH3 is 1. The minimum atomic E-state index is -0.332. The summed E-state index contributed by atoms with van der Waals surface area (Å²) in [6, 6.07) is 15.6. The third kappa shape index (κ3) is 4.05. The maximum Gasteiger partial charge on any atom is 0.262 e. The highest BCUT2D eigenvalue weighted by Crippen LogP contribution is 2.33. The molecule has 1 amide bonds. The number of carbonyl (C=O) groups excluding carboxylic acids is 1. The number of anilines is 1. The summed E-state index contributed by atoms with van der Waals surface area (Å²) < 4.78 is 24.5. The molecule has 1 aromatic heterocycles. The number of halogens is 1. The number of rotatable bonds is 6. The summed E-state index contributed by atoms with van der Waals surface area (Å²) in [6.45, 7) is 1.68. The lowest BCUT2D eigenvalue weighted by molar-refractivity contribution is -0.131. The van der Waals surface area contributed by atoms with Crippen LogP contribution in [-0.4, -0.2) is 30.3 Å². The number of carbonyl (C=O) groups is 1. The quantitative estimate of drug-likeness (QED) is 0.652. The molecule has 0 spiro atoms. The van der Waals surface area contributed by atoms with Crippen molar-refractivity contribution in [2.45, 2.75) is 19.4 Å². The van der Waals surface area contributed by atoms with Crippen molar-refractivity contribution in [2.75, 3.05) is 19.0 Å². The first kappa shape index (κ1) is 19.7. The maximum atomic E-state index is 13.8. The Balaban J connectivity index is 1.54. The Morgan fingerprint density at radius 1 is 1.27 bits per heavy atom. The van der Waals surface area contributed by atoms with Crippen LogP contribution < -0.4 is 10.1 Å². The van der Waals surface area contributed by atoms with E-state index >= 15 is 0 Å². The van der Waals surface area contributed by atoms with Crippen molar-refractivity contribution < 1.29 is 18.3 Å². The predicted molar refractivity (Wildman–Crippen MR) is 112 cm³/mol. The van der Waals surface area contributed by atoms with Crippen LogP contribution in [0, 0.1) is 12.7 Å².